The van der Waals surface area contributed by atoms with E-state index in [-0.39, 0.29) is 0 Å². The largest absolute Gasteiger partial charge is 0.481 e. The third-order valence-corrected chi connectivity index (χ3v) is 3.81. The molecule has 1 aliphatic rings. The SMILES string of the molecule is COC(=O)[C@@H](C)[C@@H](CC1CCCCC1)C(=O)O. The van der Waals surface area contributed by atoms with Crippen molar-refractivity contribution in [3.63, 3.8) is 0 Å². The first-order chi connectivity index (χ1) is 8.06. The number of carbonyl (C=O) groups excluding carboxylic acids is 1. The zero-order valence-corrected chi connectivity index (χ0v) is 10.6. The van der Waals surface area contributed by atoms with Crippen molar-refractivity contribution in [3.8, 4) is 0 Å². The normalized spacial score (nSPS) is 20.6. The van der Waals surface area contributed by atoms with E-state index in [1.165, 1.54) is 26.4 Å². The van der Waals surface area contributed by atoms with Gasteiger partial charge in [0.2, 0.25) is 0 Å². The van der Waals surface area contributed by atoms with Gasteiger partial charge in [-0.2, -0.15) is 0 Å². The smallest absolute Gasteiger partial charge is 0.309 e. The minimum atomic E-state index is -0.881. The van der Waals surface area contributed by atoms with Crippen molar-refractivity contribution in [2.24, 2.45) is 17.8 Å². The van der Waals surface area contributed by atoms with Gasteiger partial charge < -0.3 is 9.84 Å². The van der Waals surface area contributed by atoms with Crippen molar-refractivity contribution in [2.45, 2.75) is 45.4 Å². The van der Waals surface area contributed by atoms with Crippen molar-refractivity contribution in [2.75, 3.05) is 7.11 Å². The molecular formula is C13H22O4. The highest BCUT2D eigenvalue weighted by Gasteiger charge is 2.33. The van der Waals surface area contributed by atoms with E-state index in [0.29, 0.717) is 12.3 Å². The summed E-state index contributed by atoms with van der Waals surface area (Å²) < 4.78 is 4.63. The van der Waals surface area contributed by atoms with Crippen LogP contribution in [0.1, 0.15) is 45.4 Å². The monoisotopic (exact) mass is 242 g/mol. The Labute approximate surface area is 102 Å². The van der Waals surface area contributed by atoms with Gasteiger partial charge in [-0.15, -0.1) is 0 Å². The minimum absolute atomic E-state index is 0.423. The number of carboxylic acid groups (broad SMARTS) is 1. The molecule has 17 heavy (non-hydrogen) atoms. The summed E-state index contributed by atoms with van der Waals surface area (Å²) in [4.78, 5) is 22.6. The summed E-state index contributed by atoms with van der Waals surface area (Å²) >= 11 is 0. The zero-order valence-electron chi connectivity index (χ0n) is 10.6. The highest BCUT2D eigenvalue weighted by molar-refractivity contribution is 5.80. The Bertz CT molecular complexity index is 269. The van der Waals surface area contributed by atoms with E-state index < -0.39 is 23.8 Å². The van der Waals surface area contributed by atoms with E-state index in [0.717, 1.165) is 12.8 Å². The first-order valence-corrected chi connectivity index (χ1v) is 6.37. The summed E-state index contributed by atoms with van der Waals surface area (Å²) in [5.41, 5.74) is 0. The molecule has 0 aromatic heterocycles. The fraction of sp³-hybridized carbons (Fsp3) is 0.846. The van der Waals surface area contributed by atoms with Crippen molar-refractivity contribution in [3.05, 3.63) is 0 Å². The second-order valence-corrected chi connectivity index (χ2v) is 5.00. The van der Waals surface area contributed by atoms with Gasteiger partial charge in [0, 0.05) is 0 Å². The first-order valence-electron chi connectivity index (χ1n) is 6.37. The third-order valence-electron chi connectivity index (χ3n) is 3.81. The third kappa shape index (κ3) is 4.02. The fourth-order valence-electron chi connectivity index (χ4n) is 2.65. The maximum atomic E-state index is 11.4. The average molecular weight is 242 g/mol. The van der Waals surface area contributed by atoms with Gasteiger partial charge in [0.25, 0.3) is 0 Å². The molecule has 0 aromatic carbocycles. The predicted octanol–water partition coefficient (Wildman–Crippen LogP) is 2.47. The molecule has 0 aliphatic heterocycles. The van der Waals surface area contributed by atoms with Gasteiger partial charge in [-0.3, -0.25) is 9.59 Å². The maximum absolute atomic E-state index is 11.4. The maximum Gasteiger partial charge on any atom is 0.309 e. The molecule has 4 nitrogen and oxygen atoms in total. The van der Waals surface area contributed by atoms with Crippen LogP contribution in [-0.4, -0.2) is 24.2 Å². The summed E-state index contributed by atoms with van der Waals surface area (Å²) in [6, 6.07) is 0. The van der Waals surface area contributed by atoms with Gasteiger partial charge in [0.1, 0.15) is 0 Å². The molecule has 2 atom stereocenters. The lowest BCUT2D eigenvalue weighted by atomic mass is 9.79. The highest BCUT2D eigenvalue weighted by atomic mass is 16.5. The molecule has 98 valence electrons. The van der Waals surface area contributed by atoms with Crippen LogP contribution in [0.4, 0.5) is 0 Å². The van der Waals surface area contributed by atoms with Crippen LogP contribution in [-0.2, 0) is 14.3 Å². The first kappa shape index (κ1) is 14.0. The molecule has 1 rings (SSSR count). The van der Waals surface area contributed by atoms with Gasteiger partial charge in [0.05, 0.1) is 18.9 Å². The van der Waals surface area contributed by atoms with Crippen LogP contribution in [0.5, 0.6) is 0 Å². The number of esters is 1. The average Bonchev–Trinajstić information content (AvgIpc) is 2.35. The fourth-order valence-corrected chi connectivity index (χ4v) is 2.65. The van der Waals surface area contributed by atoms with E-state index in [1.807, 2.05) is 0 Å². The number of hydrogen-bond acceptors (Lipinski definition) is 3. The van der Waals surface area contributed by atoms with Crippen LogP contribution in [0, 0.1) is 17.8 Å². The van der Waals surface area contributed by atoms with Crippen LogP contribution in [0.3, 0.4) is 0 Å². The molecule has 0 unspecified atom stereocenters. The van der Waals surface area contributed by atoms with Crippen LogP contribution in [0.2, 0.25) is 0 Å². The Balaban J connectivity index is 2.58. The quantitative estimate of drug-likeness (QED) is 0.752. The van der Waals surface area contributed by atoms with E-state index in [9.17, 15) is 14.7 Å². The Hall–Kier alpha value is -1.06. The van der Waals surface area contributed by atoms with Gasteiger partial charge in [-0.25, -0.2) is 0 Å². The number of carboxylic acids is 1. The Morgan fingerprint density at radius 1 is 1.29 bits per heavy atom. The molecule has 1 aliphatic carbocycles. The summed E-state index contributed by atoms with van der Waals surface area (Å²) in [5.74, 6) is -2.01. The van der Waals surface area contributed by atoms with Crippen molar-refractivity contribution < 1.29 is 19.4 Å². The molecule has 0 saturated heterocycles. The summed E-state index contributed by atoms with van der Waals surface area (Å²) in [6.07, 6.45) is 6.41. The minimum Gasteiger partial charge on any atom is -0.481 e. The van der Waals surface area contributed by atoms with Crippen molar-refractivity contribution >= 4 is 11.9 Å². The molecular weight excluding hydrogens is 220 g/mol. The molecule has 1 fully saturated rings. The molecule has 0 heterocycles. The summed E-state index contributed by atoms with van der Waals surface area (Å²) in [6.45, 7) is 1.65. The van der Waals surface area contributed by atoms with E-state index >= 15 is 0 Å². The Morgan fingerprint density at radius 3 is 2.35 bits per heavy atom. The summed E-state index contributed by atoms with van der Waals surface area (Å²) in [7, 11) is 1.30. The van der Waals surface area contributed by atoms with Crippen LogP contribution < -0.4 is 0 Å². The highest BCUT2D eigenvalue weighted by Crippen LogP contribution is 2.32. The van der Waals surface area contributed by atoms with Gasteiger partial charge in [-0.05, 0) is 12.3 Å². The van der Waals surface area contributed by atoms with Crippen LogP contribution >= 0.6 is 0 Å². The van der Waals surface area contributed by atoms with Crippen LogP contribution in [0.15, 0.2) is 0 Å². The molecule has 4 heteroatoms. The lowest BCUT2D eigenvalue weighted by molar-refractivity contribution is -0.155. The molecule has 0 amide bonds. The number of ether oxygens (including phenoxy) is 1. The molecule has 0 bridgehead atoms. The molecule has 1 saturated carbocycles. The molecule has 1 N–H and O–H groups in total. The standard InChI is InChI=1S/C13H22O4/c1-9(13(16)17-2)11(12(14)15)8-10-6-4-3-5-7-10/h9-11H,3-8H2,1-2H3,(H,14,15)/t9-,11+/m0/s1. The van der Waals surface area contributed by atoms with Crippen LogP contribution in [0.25, 0.3) is 0 Å². The van der Waals surface area contributed by atoms with Gasteiger partial charge in [0.15, 0.2) is 0 Å². The number of carbonyl (C=O) groups is 2. The molecule has 0 aromatic rings. The molecule has 0 spiro atoms. The lowest BCUT2D eigenvalue weighted by Crippen LogP contribution is -2.30. The Kier molecular flexibility index (Phi) is 5.45. The number of hydrogen-bond donors (Lipinski definition) is 1. The number of rotatable bonds is 5. The summed E-state index contributed by atoms with van der Waals surface area (Å²) in [5, 5.41) is 9.21. The van der Waals surface area contributed by atoms with Crippen molar-refractivity contribution in [1.29, 1.82) is 0 Å². The second kappa shape index (κ2) is 6.62. The van der Waals surface area contributed by atoms with Crippen molar-refractivity contribution in [1.82, 2.24) is 0 Å². The lowest BCUT2D eigenvalue weighted by Gasteiger charge is -2.26. The van der Waals surface area contributed by atoms with E-state index in [2.05, 4.69) is 4.74 Å². The van der Waals surface area contributed by atoms with Gasteiger partial charge >= 0.3 is 11.9 Å². The zero-order chi connectivity index (χ0) is 12.8. The number of methoxy groups -OCH3 is 1. The number of aliphatic carboxylic acids is 1. The topological polar surface area (TPSA) is 63.6 Å². The van der Waals surface area contributed by atoms with E-state index in [4.69, 9.17) is 0 Å². The predicted molar refractivity (Wildman–Crippen MR) is 63.5 cm³/mol. The Morgan fingerprint density at radius 2 is 1.88 bits per heavy atom. The van der Waals surface area contributed by atoms with E-state index in [1.54, 1.807) is 6.92 Å². The second-order valence-electron chi connectivity index (χ2n) is 5.00. The molecule has 0 radical (unpaired) electrons. The van der Waals surface area contributed by atoms with Gasteiger partial charge in [-0.1, -0.05) is 39.0 Å².